The highest BCUT2D eigenvalue weighted by atomic mass is 31.2. The number of rotatable bonds is 6. The molecule has 0 spiro atoms. The Bertz CT molecular complexity index is 932. The molecule has 3 aromatic rings. The molecule has 2 aromatic carbocycles. The highest BCUT2D eigenvalue weighted by molar-refractivity contribution is 7.85. The van der Waals surface area contributed by atoms with E-state index in [-0.39, 0.29) is 0 Å². The van der Waals surface area contributed by atoms with Crippen molar-refractivity contribution in [2.45, 2.75) is 6.92 Å². The average molecular weight is 380 g/mol. The summed E-state index contributed by atoms with van der Waals surface area (Å²) >= 11 is 0. The molecule has 0 bridgehead atoms. The van der Waals surface area contributed by atoms with Crippen LogP contribution in [-0.2, 0) is 11.6 Å². The van der Waals surface area contributed by atoms with Crippen molar-refractivity contribution < 1.29 is 9.16 Å². The van der Waals surface area contributed by atoms with Gasteiger partial charge in [-0.3, -0.25) is 0 Å². The van der Waals surface area contributed by atoms with E-state index in [0.29, 0.717) is 4.59 Å². The molecule has 0 atom stereocenters. The van der Waals surface area contributed by atoms with Gasteiger partial charge in [-0.1, -0.05) is 65.8 Å². The van der Waals surface area contributed by atoms with Crippen LogP contribution in [0.5, 0.6) is 0 Å². The highest BCUT2D eigenvalue weighted by Gasteiger charge is 2.32. The van der Waals surface area contributed by atoms with E-state index in [1.807, 2.05) is 90.6 Å². The zero-order valence-corrected chi connectivity index (χ0v) is 17.3. The van der Waals surface area contributed by atoms with E-state index in [9.17, 15) is 4.57 Å². The molecule has 0 fully saturated rings. The molecule has 1 heterocycles. The minimum atomic E-state index is -2.97. The third-order valence-corrected chi connectivity index (χ3v) is 8.12. The number of nitrogens with zero attached hydrogens (tertiary/aromatic N) is 3. The largest absolute Gasteiger partial charge is 0.340 e. The van der Waals surface area contributed by atoms with E-state index in [2.05, 4.69) is 26.1 Å². The molecule has 0 aliphatic carbocycles. The average Bonchev–Trinajstić information content (AvgIpc) is 3.08. The predicted octanol–water partition coefficient (Wildman–Crippen LogP) is 3.09. The summed E-state index contributed by atoms with van der Waals surface area (Å²) in [6.07, 6.45) is 1.87. The van der Waals surface area contributed by atoms with Crippen molar-refractivity contribution in [1.29, 1.82) is 0 Å². The van der Waals surface area contributed by atoms with Gasteiger partial charge in [0.2, 0.25) is 0 Å². The Morgan fingerprint density at radius 3 is 1.93 bits per heavy atom. The van der Waals surface area contributed by atoms with E-state index in [4.69, 9.17) is 0 Å². The fraction of sp³-hybridized carbons (Fsp3) is 0.227. The predicted molar refractivity (Wildman–Crippen MR) is 115 cm³/mol. The summed E-state index contributed by atoms with van der Waals surface area (Å²) in [6, 6.07) is 23.4. The summed E-state index contributed by atoms with van der Waals surface area (Å²) in [5, 5.41) is 6.33. The molecule has 0 aliphatic heterocycles. The minimum Gasteiger partial charge on any atom is -0.340 e. The van der Waals surface area contributed by atoms with Crippen LogP contribution >= 0.6 is 7.14 Å². The van der Waals surface area contributed by atoms with Crippen LogP contribution in [0.3, 0.4) is 0 Å². The van der Waals surface area contributed by atoms with Crippen LogP contribution in [0.2, 0.25) is 0 Å². The van der Waals surface area contributed by atoms with Crippen LogP contribution in [-0.4, -0.2) is 36.0 Å². The van der Waals surface area contributed by atoms with Gasteiger partial charge in [0.15, 0.2) is 7.14 Å². The molecule has 3 rings (SSSR count). The van der Waals surface area contributed by atoms with Crippen LogP contribution in [0.25, 0.3) is 0 Å². The van der Waals surface area contributed by atoms with Gasteiger partial charge >= 0.3 is 0 Å². The summed E-state index contributed by atoms with van der Waals surface area (Å²) in [5.74, 6) is 0. The Balaban J connectivity index is 2.15. The Morgan fingerprint density at radius 1 is 0.926 bits per heavy atom. The van der Waals surface area contributed by atoms with Crippen molar-refractivity contribution in [1.82, 2.24) is 4.57 Å². The van der Waals surface area contributed by atoms with Gasteiger partial charge in [0.05, 0.1) is 31.8 Å². The lowest BCUT2D eigenvalue weighted by Crippen LogP contribution is -2.33. The van der Waals surface area contributed by atoms with E-state index in [1.165, 1.54) is 0 Å². The molecule has 0 N–H and O–H groups in total. The summed E-state index contributed by atoms with van der Waals surface area (Å²) in [7, 11) is 3.10. The molecule has 4 nitrogen and oxygen atoms in total. The number of hydrogen-bond donors (Lipinski definition) is 0. The topological polar surface area (TPSA) is 34.4 Å². The van der Waals surface area contributed by atoms with E-state index >= 15 is 0 Å². The third kappa shape index (κ3) is 3.83. The van der Waals surface area contributed by atoms with Gasteiger partial charge in [0.1, 0.15) is 6.21 Å². The van der Waals surface area contributed by atoms with Gasteiger partial charge in [-0.05, 0) is 19.1 Å². The second-order valence-corrected chi connectivity index (χ2v) is 9.85. The van der Waals surface area contributed by atoms with Crippen LogP contribution in [0, 0.1) is 0 Å². The third-order valence-electron chi connectivity index (χ3n) is 4.97. The lowest BCUT2D eigenvalue weighted by atomic mass is 10.4. The molecule has 0 amide bonds. The Kier molecular flexibility index (Phi) is 5.50. The van der Waals surface area contributed by atoms with Crippen molar-refractivity contribution in [3.8, 4) is 0 Å². The molecule has 140 valence electrons. The molecule has 27 heavy (non-hydrogen) atoms. The van der Waals surface area contributed by atoms with E-state index in [1.54, 1.807) is 0 Å². The van der Waals surface area contributed by atoms with Crippen molar-refractivity contribution in [2.24, 2.45) is 12.1 Å². The molecule has 5 heteroatoms. The second-order valence-electron chi connectivity index (χ2n) is 7.14. The van der Waals surface area contributed by atoms with Gasteiger partial charge < -0.3 is 9.13 Å². The van der Waals surface area contributed by atoms with Crippen LogP contribution in [0.4, 0.5) is 0 Å². The summed E-state index contributed by atoms with van der Waals surface area (Å²) in [5.41, 5.74) is 1.75. The number of hydrogen-bond acceptors (Lipinski definition) is 2. The quantitative estimate of drug-likeness (QED) is 0.280. The van der Waals surface area contributed by atoms with Crippen LogP contribution in [0.15, 0.2) is 77.9 Å². The molecule has 0 unspecified atom stereocenters. The first kappa shape index (κ1) is 19.3. The highest BCUT2D eigenvalue weighted by Crippen LogP contribution is 2.42. The molecular formula is C22H27N3OP+. The van der Waals surface area contributed by atoms with Gasteiger partial charge in [-0.15, -0.1) is 0 Å². The van der Waals surface area contributed by atoms with Gasteiger partial charge in [0, 0.05) is 17.7 Å². The maximum Gasteiger partial charge on any atom is 0.186 e. The van der Waals surface area contributed by atoms with Crippen LogP contribution in [0.1, 0.15) is 12.6 Å². The smallest absolute Gasteiger partial charge is 0.186 e. The monoisotopic (exact) mass is 380 g/mol. The first-order valence-corrected chi connectivity index (χ1v) is 10.9. The normalized spacial score (nSPS) is 12.6. The first-order valence-electron chi connectivity index (χ1n) is 9.14. The molecule has 0 aliphatic rings. The molecule has 1 aromatic heterocycles. The number of aromatic nitrogens is 1. The number of benzene rings is 2. The molecule has 0 radical (unpaired) electrons. The Morgan fingerprint density at radius 2 is 1.44 bits per heavy atom. The van der Waals surface area contributed by atoms with E-state index in [0.717, 1.165) is 28.3 Å². The number of quaternary nitrogens is 1. The van der Waals surface area contributed by atoms with Crippen molar-refractivity contribution in [3.63, 3.8) is 0 Å². The van der Waals surface area contributed by atoms with Gasteiger partial charge in [-0.25, -0.2) is 4.59 Å². The van der Waals surface area contributed by atoms with Crippen molar-refractivity contribution >= 4 is 29.4 Å². The van der Waals surface area contributed by atoms with E-state index < -0.39 is 7.14 Å². The fourth-order valence-corrected chi connectivity index (χ4v) is 5.78. The lowest BCUT2D eigenvalue weighted by molar-refractivity contribution is -0.894. The standard InChI is InChI=1S/C22H27N3OP/c1-5-25(3,4)23-18-19-16-17-22(24(19)2)27(26,20-12-8-6-9-13-20)21-14-10-7-11-15-21/h6-18H,5H2,1-4H3/q+1/b23-18+. The summed E-state index contributed by atoms with van der Waals surface area (Å²) < 4.78 is 17.0. The van der Waals surface area contributed by atoms with Gasteiger partial charge in [0.25, 0.3) is 0 Å². The Labute approximate surface area is 161 Å². The van der Waals surface area contributed by atoms with Crippen LogP contribution < -0.4 is 16.0 Å². The first-order chi connectivity index (χ1) is 12.9. The lowest BCUT2D eigenvalue weighted by Gasteiger charge is -2.21. The maximum atomic E-state index is 14.4. The summed E-state index contributed by atoms with van der Waals surface area (Å²) in [6.45, 7) is 3.01. The van der Waals surface area contributed by atoms with Crippen molar-refractivity contribution in [3.05, 3.63) is 78.5 Å². The molecule has 0 saturated carbocycles. The van der Waals surface area contributed by atoms with Crippen molar-refractivity contribution in [2.75, 3.05) is 20.6 Å². The maximum absolute atomic E-state index is 14.4. The SMILES string of the molecule is CC[N+](C)(C)/N=C/c1ccc(P(=O)(c2ccccc2)c2ccccc2)n1C. The zero-order chi connectivity index (χ0) is 19.5. The summed E-state index contributed by atoms with van der Waals surface area (Å²) in [4.78, 5) is 0. The minimum absolute atomic E-state index is 0.551. The van der Waals surface area contributed by atoms with Gasteiger partial charge in [-0.2, -0.15) is 0 Å². The second kappa shape index (κ2) is 7.67. The Hall–Kier alpha value is -2.42. The fourth-order valence-electron chi connectivity index (χ4n) is 2.95. The molecular weight excluding hydrogens is 353 g/mol. The zero-order valence-electron chi connectivity index (χ0n) is 16.4. The molecule has 0 saturated heterocycles.